The molecule has 1 aromatic heterocycles. The first-order chi connectivity index (χ1) is 9.40. The van der Waals surface area contributed by atoms with Crippen LogP contribution in [-0.2, 0) is 11.0 Å². The van der Waals surface area contributed by atoms with Crippen LogP contribution >= 0.6 is 0 Å². The minimum absolute atomic E-state index is 0.365. The van der Waals surface area contributed by atoms with Crippen molar-refractivity contribution in [2.75, 3.05) is 5.32 Å². The highest BCUT2D eigenvalue weighted by molar-refractivity contribution is 5.98. The summed E-state index contributed by atoms with van der Waals surface area (Å²) in [5, 5.41) is 5.98. The fourth-order valence-corrected chi connectivity index (χ4v) is 1.51. The molecule has 1 N–H and O–H groups in total. The van der Waals surface area contributed by atoms with Crippen molar-refractivity contribution < 1.29 is 18.0 Å². The quantitative estimate of drug-likeness (QED) is 0.879. The van der Waals surface area contributed by atoms with Crippen molar-refractivity contribution in [1.82, 2.24) is 9.78 Å². The van der Waals surface area contributed by atoms with Gasteiger partial charge in [0.15, 0.2) is 5.69 Å². The lowest BCUT2D eigenvalue weighted by Crippen LogP contribution is -2.08. The maximum Gasteiger partial charge on any atom is 0.435 e. The highest BCUT2D eigenvalue weighted by atomic mass is 19.4. The molecule has 0 aliphatic rings. The molecular weight excluding hydrogens is 271 g/mol. The highest BCUT2D eigenvalue weighted by Crippen LogP contribution is 2.27. The third-order valence-corrected chi connectivity index (χ3v) is 2.46. The molecule has 0 aliphatic heterocycles. The van der Waals surface area contributed by atoms with Crippen LogP contribution < -0.4 is 5.32 Å². The molecule has 0 radical (unpaired) electrons. The molecule has 1 heterocycles. The van der Waals surface area contributed by atoms with Crippen molar-refractivity contribution in [3.8, 4) is 5.69 Å². The number of alkyl halides is 3. The zero-order valence-corrected chi connectivity index (χ0v) is 10.2. The van der Waals surface area contributed by atoms with E-state index in [4.69, 9.17) is 0 Å². The molecule has 2 aromatic rings. The van der Waals surface area contributed by atoms with Crippen LogP contribution in [0.1, 0.15) is 5.69 Å². The summed E-state index contributed by atoms with van der Waals surface area (Å²) in [6.45, 7) is 3.31. The van der Waals surface area contributed by atoms with Gasteiger partial charge in [-0.2, -0.15) is 18.3 Å². The van der Waals surface area contributed by atoms with Crippen molar-refractivity contribution in [2.24, 2.45) is 0 Å². The van der Waals surface area contributed by atoms with Gasteiger partial charge in [0, 0.05) is 11.9 Å². The Bertz CT molecular complexity index is 629. The van der Waals surface area contributed by atoms with Crippen molar-refractivity contribution in [3.63, 3.8) is 0 Å². The van der Waals surface area contributed by atoms with E-state index in [1.165, 1.54) is 6.20 Å². The lowest BCUT2D eigenvalue weighted by Gasteiger charge is -2.05. The second-order valence-electron chi connectivity index (χ2n) is 3.88. The smallest absolute Gasteiger partial charge is 0.323 e. The van der Waals surface area contributed by atoms with E-state index in [0.29, 0.717) is 11.4 Å². The van der Waals surface area contributed by atoms with Gasteiger partial charge in [-0.1, -0.05) is 6.58 Å². The van der Waals surface area contributed by atoms with Crippen LogP contribution in [0.25, 0.3) is 5.69 Å². The SMILES string of the molecule is C=CC(=O)Nc1ccc(-n2ccc(C(F)(F)F)n2)cc1. The number of benzene rings is 1. The first-order valence-corrected chi connectivity index (χ1v) is 5.57. The number of amides is 1. The summed E-state index contributed by atoms with van der Waals surface area (Å²) < 4.78 is 38.4. The Morgan fingerprint density at radius 2 is 1.90 bits per heavy atom. The molecule has 1 amide bonds. The zero-order valence-electron chi connectivity index (χ0n) is 10.2. The standard InChI is InChI=1S/C13H10F3N3O/c1-2-12(20)17-9-3-5-10(6-4-9)19-8-7-11(18-19)13(14,15)16/h2-8H,1H2,(H,17,20). The van der Waals surface area contributed by atoms with Crippen molar-refractivity contribution >= 4 is 11.6 Å². The molecule has 104 valence electrons. The summed E-state index contributed by atoms with van der Waals surface area (Å²) >= 11 is 0. The Balaban J connectivity index is 2.20. The van der Waals surface area contributed by atoms with Gasteiger partial charge in [-0.15, -0.1) is 0 Å². The maximum atomic E-state index is 12.4. The Morgan fingerprint density at radius 1 is 1.25 bits per heavy atom. The van der Waals surface area contributed by atoms with Gasteiger partial charge in [-0.05, 0) is 36.4 Å². The predicted octanol–water partition coefficient (Wildman–Crippen LogP) is 3.02. The molecule has 7 heteroatoms. The monoisotopic (exact) mass is 281 g/mol. The normalized spacial score (nSPS) is 11.2. The van der Waals surface area contributed by atoms with Gasteiger partial charge < -0.3 is 5.32 Å². The first-order valence-electron chi connectivity index (χ1n) is 5.57. The maximum absolute atomic E-state index is 12.4. The number of hydrogen-bond acceptors (Lipinski definition) is 2. The molecule has 20 heavy (non-hydrogen) atoms. The summed E-state index contributed by atoms with van der Waals surface area (Å²) in [4.78, 5) is 11.1. The molecule has 0 spiro atoms. The lowest BCUT2D eigenvalue weighted by atomic mass is 10.3. The average molecular weight is 281 g/mol. The number of nitrogens with zero attached hydrogens (tertiary/aromatic N) is 2. The molecule has 0 unspecified atom stereocenters. The summed E-state index contributed by atoms with van der Waals surface area (Å²) in [5.74, 6) is -0.365. The van der Waals surface area contributed by atoms with Gasteiger partial charge in [-0.25, -0.2) is 4.68 Å². The predicted molar refractivity (Wildman–Crippen MR) is 67.4 cm³/mol. The van der Waals surface area contributed by atoms with E-state index >= 15 is 0 Å². The van der Waals surface area contributed by atoms with Crippen LogP contribution in [0.4, 0.5) is 18.9 Å². The van der Waals surface area contributed by atoms with E-state index < -0.39 is 11.9 Å². The number of anilines is 1. The molecule has 1 aromatic carbocycles. The zero-order chi connectivity index (χ0) is 14.8. The Hall–Kier alpha value is -2.57. The molecule has 0 fully saturated rings. The van der Waals surface area contributed by atoms with E-state index in [1.807, 2.05) is 0 Å². The van der Waals surface area contributed by atoms with Crippen LogP contribution in [0.3, 0.4) is 0 Å². The third-order valence-electron chi connectivity index (χ3n) is 2.46. The first kappa shape index (κ1) is 13.9. The number of halogens is 3. The number of aromatic nitrogens is 2. The summed E-state index contributed by atoms with van der Waals surface area (Å²) in [6, 6.07) is 7.11. The molecule has 0 atom stereocenters. The fraction of sp³-hybridized carbons (Fsp3) is 0.0769. The summed E-state index contributed by atoms with van der Waals surface area (Å²) in [5.41, 5.74) is 0.0143. The van der Waals surface area contributed by atoms with Gasteiger partial charge in [-0.3, -0.25) is 4.79 Å². The second kappa shape index (κ2) is 5.20. The Labute approximate surface area is 112 Å². The molecular formula is C13H10F3N3O. The second-order valence-corrected chi connectivity index (χ2v) is 3.88. The average Bonchev–Trinajstić information content (AvgIpc) is 2.89. The molecule has 0 bridgehead atoms. The van der Waals surface area contributed by atoms with E-state index in [9.17, 15) is 18.0 Å². The van der Waals surface area contributed by atoms with E-state index in [-0.39, 0.29) is 5.91 Å². The van der Waals surface area contributed by atoms with Gasteiger partial charge in [0.05, 0.1) is 5.69 Å². The van der Waals surface area contributed by atoms with Crippen molar-refractivity contribution in [2.45, 2.75) is 6.18 Å². The topological polar surface area (TPSA) is 46.9 Å². The lowest BCUT2D eigenvalue weighted by molar-refractivity contribution is -0.141. The number of rotatable bonds is 3. The van der Waals surface area contributed by atoms with Crippen LogP contribution in [0.5, 0.6) is 0 Å². The molecule has 4 nitrogen and oxygen atoms in total. The molecule has 0 aliphatic carbocycles. The summed E-state index contributed by atoms with van der Waals surface area (Å²) in [7, 11) is 0. The summed E-state index contributed by atoms with van der Waals surface area (Å²) in [6.07, 6.45) is -2.12. The minimum Gasteiger partial charge on any atom is -0.323 e. The Morgan fingerprint density at radius 3 is 2.40 bits per heavy atom. The minimum atomic E-state index is -4.47. The number of carbonyl (C=O) groups is 1. The van der Waals surface area contributed by atoms with Crippen molar-refractivity contribution in [1.29, 1.82) is 0 Å². The van der Waals surface area contributed by atoms with E-state index in [0.717, 1.165) is 16.8 Å². The Kier molecular flexibility index (Phi) is 3.60. The van der Waals surface area contributed by atoms with Crippen LogP contribution in [0.2, 0.25) is 0 Å². The molecule has 2 rings (SSSR count). The largest absolute Gasteiger partial charge is 0.435 e. The van der Waals surface area contributed by atoms with Crippen LogP contribution in [0, 0.1) is 0 Å². The highest BCUT2D eigenvalue weighted by Gasteiger charge is 2.33. The van der Waals surface area contributed by atoms with Gasteiger partial charge in [0.2, 0.25) is 5.91 Å². The van der Waals surface area contributed by atoms with Crippen LogP contribution in [-0.4, -0.2) is 15.7 Å². The van der Waals surface area contributed by atoms with Crippen LogP contribution in [0.15, 0.2) is 49.2 Å². The number of nitrogens with one attached hydrogen (secondary N) is 1. The molecule has 0 saturated heterocycles. The van der Waals surface area contributed by atoms with E-state index in [2.05, 4.69) is 17.0 Å². The van der Waals surface area contributed by atoms with Crippen molar-refractivity contribution in [3.05, 3.63) is 54.9 Å². The molecule has 0 saturated carbocycles. The fourth-order valence-electron chi connectivity index (χ4n) is 1.51. The van der Waals surface area contributed by atoms with Gasteiger partial charge in [0.25, 0.3) is 0 Å². The number of carbonyl (C=O) groups excluding carboxylic acids is 1. The van der Waals surface area contributed by atoms with E-state index in [1.54, 1.807) is 24.3 Å². The third kappa shape index (κ3) is 3.05. The van der Waals surface area contributed by atoms with Gasteiger partial charge in [0.1, 0.15) is 0 Å². The number of hydrogen-bond donors (Lipinski definition) is 1. The van der Waals surface area contributed by atoms with Gasteiger partial charge >= 0.3 is 6.18 Å².